The van der Waals surface area contributed by atoms with E-state index >= 15 is 0 Å². The van der Waals surface area contributed by atoms with Gasteiger partial charge >= 0.3 is 0 Å². The minimum Gasteiger partial charge on any atom is -0.456 e. The van der Waals surface area contributed by atoms with E-state index in [1.54, 1.807) is 0 Å². The Bertz CT molecular complexity index is 2350. The van der Waals surface area contributed by atoms with Gasteiger partial charge in [0.2, 0.25) is 0 Å². The van der Waals surface area contributed by atoms with Crippen LogP contribution in [0.15, 0.2) is 174 Å². The van der Waals surface area contributed by atoms with Crippen LogP contribution in [0.5, 0.6) is 0 Å². The lowest BCUT2D eigenvalue weighted by Crippen LogP contribution is -2.28. The molecule has 2 nitrogen and oxygen atoms in total. The van der Waals surface area contributed by atoms with Crippen molar-refractivity contribution in [2.45, 2.75) is 5.41 Å². The summed E-state index contributed by atoms with van der Waals surface area (Å²) >= 11 is 6.64. The van der Waals surface area contributed by atoms with Crippen molar-refractivity contribution >= 4 is 50.6 Å². The van der Waals surface area contributed by atoms with Crippen molar-refractivity contribution in [2.75, 3.05) is 4.90 Å². The van der Waals surface area contributed by atoms with Crippen molar-refractivity contribution < 1.29 is 4.42 Å². The molecule has 0 aliphatic heterocycles. The maximum atomic E-state index is 6.64. The molecular formula is C43H28ClNO. The fourth-order valence-electron chi connectivity index (χ4n) is 7.56. The van der Waals surface area contributed by atoms with Crippen LogP contribution in [0.2, 0.25) is 5.02 Å². The molecule has 0 atom stereocenters. The molecule has 1 aliphatic carbocycles. The van der Waals surface area contributed by atoms with Gasteiger partial charge in [0, 0.05) is 21.8 Å². The smallest absolute Gasteiger partial charge is 0.137 e. The summed E-state index contributed by atoms with van der Waals surface area (Å²) in [5.74, 6) is 0. The second kappa shape index (κ2) is 10.5. The topological polar surface area (TPSA) is 16.4 Å². The minimum absolute atomic E-state index is 0.450. The van der Waals surface area contributed by atoms with Gasteiger partial charge in [0.05, 0.1) is 16.5 Å². The summed E-state index contributed by atoms with van der Waals surface area (Å²) in [4.78, 5) is 2.31. The van der Waals surface area contributed by atoms with E-state index in [4.69, 9.17) is 16.0 Å². The number of hydrogen-bond acceptors (Lipinski definition) is 2. The summed E-state index contributed by atoms with van der Waals surface area (Å²) in [6.45, 7) is 0. The highest BCUT2D eigenvalue weighted by Gasteiger charge is 2.46. The first-order valence-corrected chi connectivity index (χ1v) is 15.9. The third kappa shape index (κ3) is 3.90. The van der Waals surface area contributed by atoms with E-state index < -0.39 is 5.41 Å². The number of rotatable bonds is 5. The molecule has 0 saturated heterocycles. The number of anilines is 3. The molecule has 1 aliphatic rings. The van der Waals surface area contributed by atoms with Crippen LogP contribution in [0, 0.1) is 0 Å². The van der Waals surface area contributed by atoms with Gasteiger partial charge in [0.1, 0.15) is 11.2 Å². The molecule has 1 aromatic heterocycles. The number of halogens is 1. The lowest BCUT2D eigenvalue weighted by Gasteiger charge is -2.34. The van der Waals surface area contributed by atoms with Crippen LogP contribution < -0.4 is 4.90 Å². The summed E-state index contributed by atoms with van der Waals surface area (Å²) < 4.78 is 6.33. The Morgan fingerprint density at radius 3 is 1.89 bits per heavy atom. The van der Waals surface area contributed by atoms with Crippen LogP contribution in [0.3, 0.4) is 0 Å². The second-order valence-electron chi connectivity index (χ2n) is 11.8. The average molecular weight is 610 g/mol. The van der Waals surface area contributed by atoms with Gasteiger partial charge in [-0.25, -0.2) is 0 Å². The monoisotopic (exact) mass is 609 g/mol. The van der Waals surface area contributed by atoms with E-state index in [0.717, 1.165) is 39.0 Å². The van der Waals surface area contributed by atoms with Crippen LogP contribution >= 0.6 is 11.6 Å². The fourth-order valence-corrected chi connectivity index (χ4v) is 7.75. The van der Waals surface area contributed by atoms with Gasteiger partial charge in [-0.15, -0.1) is 0 Å². The van der Waals surface area contributed by atoms with Crippen molar-refractivity contribution in [1.82, 2.24) is 0 Å². The molecule has 7 aromatic carbocycles. The van der Waals surface area contributed by atoms with Gasteiger partial charge in [-0.2, -0.15) is 0 Å². The van der Waals surface area contributed by atoms with E-state index in [0.29, 0.717) is 5.02 Å². The molecule has 0 amide bonds. The normalized spacial score (nSPS) is 13.1. The minimum atomic E-state index is -0.450. The molecule has 0 N–H and O–H groups in total. The van der Waals surface area contributed by atoms with Crippen LogP contribution in [-0.2, 0) is 5.41 Å². The number of benzene rings is 7. The Morgan fingerprint density at radius 2 is 1.11 bits per heavy atom. The lowest BCUT2D eigenvalue weighted by atomic mass is 9.68. The zero-order chi connectivity index (χ0) is 30.7. The molecule has 0 unspecified atom stereocenters. The molecule has 0 spiro atoms. The van der Waals surface area contributed by atoms with Crippen molar-refractivity contribution in [1.29, 1.82) is 0 Å². The molecule has 0 saturated carbocycles. The Balaban J connectivity index is 1.35. The van der Waals surface area contributed by atoms with Crippen molar-refractivity contribution in [3.8, 4) is 11.1 Å². The first kappa shape index (κ1) is 26.8. The molecule has 8 aromatic rings. The van der Waals surface area contributed by atoms with Crippen molar-refractivity contribution in [3.05, 3.63) is 197 Å². The zero-order valence-electron chi connectivity index (χ0n) is 24.9. The Morgan fingerprint density at radius 1 is 0.478 bits per heavy atom. The van der Waals surface area contributed by atoms with Crippen LogP contribution in [0.1, 0.15) is 22.3 Å². The molecule has 0 fully saturated rings. The lowest BCUT2D eigenvalue weighted by molar-refractivity contribution is 0.669. The maximum Gasteiger partial charge on any atom is 0.137 e. The van der Waals surface area contributed by atoms with Crippen molar-refractivity contribution in [2.24, 2.45) is 0 Å². The predicted molar refractivity (Wildman–Crippen MR) is 191 cm³/mol. The largest absolute Gasteiger partial charge is 0.456 e. The number of furan rings is 1. The fraction of sp³-hybridized carbons (Fsp3) is 0.0233. The highest BCUT2D eigenvalue weighted by molar-refractivity contribution is 6.31. The Labute approximate surface area is 272 Å². The number of para-hydroxylation sites is 1. The van der Waals surface area contributed by atoms with Crippen LogP contribution in [0.25, 0.3) is 33.1 Å². The summed E-state index contributed by atoms with van der Waals surface area (Å²) in [6.07, 6.45) is 0. The predicted octanol–water partition coefficient (Wildman–Crippen LogP) is 12.1. The Hall–Kier alpha value is -5.57. The third-order valence-electron chi connectivity index (χ3n) is 9.39. The molecule has 9 rings (SSSR count). The van der Waals surface area contributed by atoms with E-state index in [-0.39, 0.29) is 0 Å². The zero-order valence-corrected chi connectivity index (χ0v) is 25.7. The Kier molecular flexibility index (Phi) is 6.12. The molecule has 218 valence electrons. The van der Waals surface area contributed by atoms with E-state index in [1.165, 1.54) is 33.4 Å². The first-order valence-electron chi connectivity index (χ1n) is 15.5. The summed E-state index contributed by atoms with van der Waals surface area (Å²) in [5, 5.41) is 2.84. The summed E-state index contributed by atoms with van der Waals surface area (Å²) in [6, 6.07) is 60.2. The van der Waals surface area contributed by atoms with Gasteiger partial charge in [0.25, 0.3) is 0 Å². The van der Waals surface area contributed by atoms with Gasteiger partial charge < -0.3 is 9.32 Å². The standard InChI is InChI=1S/C43H28ClNO/c44-31-17-11-18-32(27-31)45(39-22-12-24-41-42(39)35-20-8-10-23-40(35)46-41)33-25-26-38-36(28-33)34-19-7-9-21-37(34)43(38,29-13-3-1-4-14-29)30-15-5-2-6-16-30/h1-28H. The molecule has 3 heteroatoms. The SMILES string of the molecule is Clc1cccc(N(c2ccc3c(c2)-c2ccccc2C3(c2ccccc2)c2ccccc2)c2cccc3oc4ccccc4c23)c1. The van der Waals surface area contributed by atoms with Crippen LogP contribution in [0.4, 0.5) is 17.1 Å². The van der Waals surface area contributed by atoms with Crippen molar-refractivity contribution in [3.63, 3.8) is 0 Å². The van der Waals surface area contributed by atoms with Gasteiger partial charge in [-0.3, -0.25) is 0 Å². The molecule has 0 radical (unpaired) electrons. The van der Waals surface area contributed by atoms with Gasteiger partial charge in [-0.05, 0) is 81.9 Å². The molecular weight excluding hydrogens is 582 g/mol. The number of fused-ring (bicyclic) bond motifs is 6. The summed E-state index contributed by atoms with van der Waals surface area (Å²) in [7, 11) is 0. The highest BCUT2D eigenvalue weighted by Crippen LogP contribution is 2.57. The highest BCUT2D eigenvalue weighted by atomic mass is 35.5. The van der Waals surface area contributed by atoms with E-state index in [2.05, 4.69) is 138 Å². The molecule has 0 bridgehead atoms. The van der Waals surface area contributed by atoms with Gasteiger partial charge in [-0.1, -0.05) is 133 Å². The quantitative estimate of drug-likeness (QED) is 0.193. The van der Waals surface area contributed by atoms with Crippen LogP contribution in [-0.4, -0.2) is 0 Å². The van der Waals surface area contributed by atoms with Gasteiger partial charge in [0.15, 0.2) is 0 Å². The third-order valence-corrected chi connectivity index (χ3v) is 9.62. The molecule has 46 heavy (non-hydrogen) atoms. The van der Waals surface area contributed by atoms with E-state index in [1.807, 2.05) is 36.4 Å². The number of nitrogens with zero attached hydrogens (tertiary/aromatic N) is 1. The maximum absolute atomic E-state index is 6.64. The first-order chi connectivity index (χ1) is 22.7. The molecule has 1 heterocycles. The van der Waals surface area contributed by atoms with E-state index in [9.17, 15) is 0 Å². The number of hydrogen-bond donors (Lipinski definition) is 0. The average Bonchev–Trinajstić information content (AvgIpc) is 3.64. The second-order valence-corrected chi connectivity index (χ2v) is 12.3. The summed E-state index contributed by atoms with van der Waals surface area (Å²) in [5.41, 5.74) is 11.9.